The molecule has 0 bridgehead atoms. The van der Waals surface area contributed by atoms with Crippen LogP contribution < -0.4 is 14.8 Å². The van der Waals surface area contributed by atoms with Crippen LogP contribution in [-0.4, -0.2) is 31.8 Å². The molecular weight excluding hydrogens is 234 g/mol. The van der Waals surface area contributed by atoms with Crippen LogP contribution in [0.15, 0.2) is 18.2 Å². The minimum Gasteiger partial charge on any atom is -0.497 e. The molecule has 2 N–H and O–H groups in total. The van der Waals surface area contributed by atoms with Gasteiger partial charge in [-0.05, 0) is 37.1 Å². The highest BCUT2D eigenvalue weighted by Crippen LogP contribution is 2.35. The van der Waals surface area contributed by atoms with Gasteiger partial charge in [-0.1, -0.05) is 0 Å². The topological polar surface area (TPSA) is 67.8 Å². The summed E-state index contributed by atoms with van der Waals surface area (Å²) < 4.78 is 10.4. The number of hydrogen-bond acceptors (Lipinski definition) is 4. The van der Waals surface area contributed by atoms with E-state index in [9.17, 15) is 9.90 Å². The summed E-state index contributed by atoms with van der Waals surface area (Å²) in [4.78, 5) is 11.6. The van der Waals surface area contributed by atoms with E-state index in [0.29, 0.717) is 30.0 Å². The third-order valence-electron chi connectivity index (χ3n) is 3.36. The number of methoxy groups -OCH3 is 2. The summed E-state index contributed by atoms with van der Waals surface area (Å²) in [6.45, 7) is 0.700. The number of carboxylic acids is 1. The van der Waals surface area contributed by atoms with Gasteiger partial charge in [-0.3, -0.25) is 5.32 Å². The highest BCUT2D eigenvalue weighted by Gasteiger charge is 2.43. The lowest BCUT2D eigenvalue weighted by Gasteiger charge is -2.25. The van der Waals surface area contributed by atoms with Crippen LogP contribution in [0.3, 0.4) is 0 Å². The molecule has 1 saturated heterocycles. The summed E-state index contributed by atoms with van der Waals surface area (Å²) in [6.07, 6.45) is 1.41. The Hall–Kier alpha value is -1.75. The molecule has 1 atom stereocenters. The minimum absolute atomic E-state index is 0.568. The maximum absolute atomic E-state index is 11.6. The van der Waals surface area contributed by atoms with Crippen molar-refractivity contribution in [2.45, 2.75) is 18.4 Å². The highest BCUT2D eigenvalue weighted by molar-refractivity contribution is 5.81. The molecule has 1 heterocycles. The molecular formula is C13H17NO4. The lowest BCUT2D eigenvalue weighted by Crippen LogP contribution is -2.44. The normalized spacial score (nSPS) is 22.8. The molecule has 0 spiro atoms. The van der Waals surface area contributed by atoms with Crippen LogP contribution in [0.25, 0.3) is 0 Å². The molecule has 0 amide bonds. The van der Waals surface area contributed by atoms with Gasteiger partial charge in [0.1, 0.15) is 17.0 Å². The Kier molecular flexibility index (Phi) is 3.43. The van der Waals surface area contributed by atoms with E-state index in [-0.39, 0.29) is 0 Å². The summed E-state index contributed by atoms with van der Waals surface area (Å²) in [5.74, 6) is 0.327. The number of benzene rings is 1. The Bertz CT molecular complexity index is 430. The zero-order chi connectivity index (χ0) is 13.2. The zero-order valence-corrected chi connectivity index (χ0v) is 10.5. The van der Waals surface area contributed by atoms with Gasteiger partial charge in [-0.2, -0.15) is 0 Å². The van der Waals surface area contributed by atoms with Crippen LogP contribution in [0.4, 0.5) is 0 Å². The molecule has 0 aliphatic carbocycles. The van der Waals surface area contributed by atoms with Gasteiger partial charge in [0, 0.05) is 6.07 Å². The number of hydrogen-bond donors (Lipinski definition) is 2. The first kappa shape index (κ1) is 12.7. The van der Waals surface area contributed by atoms with Gasteiger partial charge in [0.2, 0.25) is 0 Å². The van der Waals surface area contributed by atoms with E-state index in [4.69, 9.17) is 9.47 Å². The van der Waals surface area contributed by atoms with E-state index in [2.05, 4.69) is 5.32 Å². The molecule has 1 aromatic rings. The van der Waals surface area contributed by atoms with Gasteiger partial charge >= 0.3 is 5.97 Å². The smallest absolute Gasteiger partial charge is 0.328 e. The lowest BCUT2D eigenvalue weighted by molar-refractivity contribution is -0.144. The molecule has 2 rings (SSSR count). The summed E-state index contributed by atoms with van der Waals surface area (Å²) in [5.41, 5.74) is -0.356. The second-order valence-electron chi connectivity index (χ2n) is 4.34. The first-order valence-corrected chi connectivity index (χ1v) is 5.84. The standard InChI is InChI=1S/C13H17NO4/c1-17-10-6-9(7-11(8-10)18-2)13(12(15)16)4-3-5-14-13/h6-8,14H,3-5H2,1-2H3,(H,15,16). The first-order chi connectivity index (χ1) is 8.62. The van der Waals surface area contributed by atoms with Crippen molar-refractivity contribution in [1.29, 1.82) is 0 Å². The van der Waals surface area contributed by atoms with Crippen molar-refractivity contribution in [3.63, 3.8) is 0 Å². The van der Waals surface area contributed by atoms with E-state index < -0.39 is 11.5 Å². The summed E-state index contributed by atoms with van der Waals surface area (Å²) in [5, 5.41) is 12.6. The number of carbonyl (C=O) groups is 1. The van der Waals surface area contributed by atoms with Crippen LogP contribution in [0.5, 0.6) is 11.5 Å². The average molecular weight is 251 g/mol. The van der Waals surface area contributed by atoms with E-state index in [1.54, 1.807) is 32.4 Å². The van der Waals surface area contributed by atoms with Crippen molar-refractivity contribution in [2.24, 2.45) is 0 Å². The Morgan fingerprint density at radius 3 is 2.28 bits per heavy atom. The highest BCUT2D eigenvalue weighted by atomic mass is 16.5. The minimum atomic E-state index is -1.03. The van der Waals surface area contributed by atoms with Crippen molar-refractivity contribution in [2.75, 3.05) is 20.8 Å². The van der Waals surface area contributed by atoms with Crippen LogP contribution in [0, 0.1) is 0 Å². The maximum Gasteiger partial charge on any atom is 0.328 e. The number of ether oxygens (including phenoxy) is 2. The van der Waals surface area contributed by atoms with Crippen LogP contribution in [0.1, 0.15) is 18.4 Å². The molecule has 98 valence electrons. The van der Waals surface area contributed by atoms with Gasteiger partial charge in [-0.25, -0.2) is 4.79 Å². The third kappa shape index (κ3) is 2.01. The van der Waals surface area contributed by atoms with E-state index in [1.807, 2.05) is 0 Å². The van der Waals surface area contributed by atoms with E-state index in [1.165, 1.54) is 0 Å². The van der Waals surface area contributed by atoms with Crippen molar-refractivity contribution in [3.8, 4) is 11.5 Å². The maximum atomic E-state index is 11.6. The van der Waals surface area contributed by atoms with Gasteiger partial charge < -0.3 is 14.6 Å². The molecule has 1 aromatic carbocycles. The molecule has 0 radical (unpaired) electrons. The Balaban J connectivity index is 2.50. The molecule has 5 heteroatoms. The number of carboxylic acid groups (broad SMARTS) is 1. The first-order valence-electron chi connectivity index (χ1n) is 5.84. The van der Waals surface area contributed by atoms with Crippen LogP contribution >= 0.6 is 0 Å². The number of rotatable bonds is 4. The van der Waals surface area contributed by atoms with Gasteiger partial charge in [0.25, 0.3) is 0 Å². The predicted molar refractivity (Wildman–Crippen MR) is 66.1 cm³/mol. The quantitative estimate of drug-likeness (QED) is 0.846. The van der Waals surface area contributed by atoms with Crippen molar-refractivity contribution >= 4 is 5.97 Å². The van der Waals surface area contributed by atoms with Gasteiger partial charge in [0.05, 0.1) is 14.2 Å². The monoisotopic (exact) mass is 251 g/mol. The Labute approximate surface area is 106 Å². The number of aliphatic carboxylic acids is 1. The SMILES string of the molecule is COc1cc(OC)cc(C2(C(=O)O)CCCN2)c1. The summed E-state index contributed by atoms with van der Waals surface area (Å²) >= 11 is 0. The molecule has 1 aliphatic rings. The average Bonchev–Trinajstić information content (AvgIpc) is 2.88. The third-order valence-corrected chi connectivity index (χ3v) is 3.36. The summed E-state index contributed by atoms with van der Waals surface area (Å²) in [6, 6.07) is 5.22. The fourth-order valence-corrected chi connectivity index (χ4v) is 2.35. The second kappa shape index (κ2) is 4.86. The molecule has 5 nitrogen and oxygen atoms in total. The van der Waals surface area contributed by atoms with E-state index in [0.717, 1.165) is 6.42 Å². The van der Waals surface area contributed by atoms with Crippen molar-refractivity contribution in [1.82, 2.24) is 5.32 Å². The fourth-order valence-electron chi connectivity index (χ4n) is 2.35. The molecule has 1 unspecified atom stereocenters. The molecule has 1 fully saturated rings. The van der Waals surface area contributed by atoms with Crippen molar-refractivity contribution < 1.29 is 19.4 Å². The number of nitrogens with one attached hydrogen (secondary N) is 1. The van der Waals surface area contributed by atoms with Crippen LogP contribution in [0.2, 0.25) is 0 Å². The molecule has 18 heavy (non-hydrogen) atoms. The Morgan fingerprint density at radius 1 is 1.28 bits per heavy atom. The zero-order valence-electron chi connectivity index (χ0n) is 10.5. The van der Waals surface area contributed by atoms with Gasteiger partial charge in [-0.15, -0.1) is 0 Å². The largest absolute Gasteiger partial charge is 0.497 e. The van der Waals surface area contributed by atoms with Crippen molar-refractivity contribution in [3.05, 3.63) is 23.8 Å². The summed E-state index contributed by atoms with van der Waals surface area (Å²) in [7, 11) is 3.10. The Morgan fingerprint density at radius 2 is 1.89 bits per heavy atom. The predicted octanol–water partition coefficient (Wildman–Crippen LogP) is 1.37. The lowest BCUT2D eigenvalue weighted by atomic mass is 9.88. The van der Waals surface area contributed by atoms with Crippen LogP contribution in [-0.2, 0) is 10.3 Å². The fraction of sp³-hybridized carbons (Fsp3) is 0.462. The van der Waals surface area contributed by atoms with Gasteiger partial charge in [0.15, 0.2) is 0 Å². The molecule has 0 saturated carbocycles. The van der Waals surface area contributed by atoms with E-state index >= 15 is 0 Å². The molecule has 1 aliphatic heterocycles. The second-order valence-corrected chi connectivity index (χ2v) is 4.34. The molecule has 0 aromatic heterocycles.